The normalized spacial score (nSPS) is 17.9. The van der Waals surface area contributed by atoms with Crippen molar-refractivity contribution in [3.63, 3.8) is 0 Å². The number of aromatic nitrogens is 1. The van der Waals surface area contributed by atoms with Crippen molar-refractivity contribution >= 4 is 17.7 Å². The predicted octanol–water partition coefficient (Wildman–Crippen LogP) is 3.38. The molecule has 4 bridgehead atoms. The van der Waals surface area contributed by atoms with Gasteiger partial charge in [-0.15, -0.1) is 0 Å². The zero-order valence-electron chi connectivity index (χ0n) is 20.4. The smallest absolute Gasteiger partial charge is 0.252 e. The number of carbonyl (C=O) groups excluding carboxylic acids is 3. The van der Waals surface area contributed by atoms with Gasteiger partial charge in [0.15, 0.2) is 0 Å². The average Bonchev–Trinajstić information content (AvgIpc) is 2.87. The Morgan fingerprint density at radius 3 is 2.58 bits per heavy atom. The molecule has 2 aliphatic heterocycles. The van der Waals surface area contributed by atoms with Crippen LogP contribution in [0.25, 0.3) is 0 Å². The maximum atomic E-state index is 13.4. The van der Waals surface area contributed by atoms with Gasteiger partial charge in [0.25, 0.3) is 5.91 Å². The van der Waals surface area contributed by atoms with Gasteiger partial charge in [-0.2, -0.15) is 0 Å². The van der Waals surface area contributed by atoms with Gasteiger partial charge in [0.2, 0.25) is 11.8 Å². The Bertz CT molecular complexity index is 1210. The van der Waals surface area contributed by atoms with Crippen LogP contribution in [-0.4, -0.2) is 34.8 Å². The molecule has 3 N–H and O–H groups in total. The van der Waals surface area contributed by atoms with Crippen LogP contribution in [-0.2, 0) is 22.6 Å². The van der Waals surface area contributed by atoms with Gasteiger partial charge in [-0.3, -0.25) is 19.4 Å². The Hall–Kier alpha value is -4.20. The van der Waals surface area contributed by atoms with E-state index < -0.39 is 18.0 Å². The van der Waals surface area contributed by atoms with E-state index in [4.69, 9.17) is 4.74 Å². The van der Waals surface area contributed by atoms with E-state index in [1.165, 1.54) is 0 Å². The van der Waals surface area contributed by atoms with Gasteiger partial charge in [0.05, 0.1) is 0 Å². The topological polar surface area (TPSA) is 109 Å². The molecule has 0 fully saturated rings. The molecule has 0 unspecified atom stereocenters. The third kappa shape index (κ3) is 6.69. The standard InChI is InChI=1S/C28H30N4O4/c1-18(2)13-24-28(35)32-25(27(34)30-17-20-5-4-12-29-16-20)14-19-8-10-22(11-9-19)36-23-7-3-6-21(15-23)26(33)31-24/h3-12,15-16,18,24-25H,13-14,17H2,1-2H3,(H,30,34)(H,31,33)(H,32,35)/t24-,25-/m0/s1. The zero-order chi connectivity index (χ0) is 25.5. The number of pyridine rings is 1. The molecule has 36 heavy (non-hydrogen) atoms. The number of ether oxygens (including phenoxy) is 1. The SMILES string of the molecule is CC(C)C[C@@H]1NC(=O)c2cccc(c2)Oc2ccc(cc2)C[C@@H](C(=O)NCc2cccnc2)NC1=O. The lowest BCUT2D eigenvalue weighted by molar-refractivity contribution is -0.130. The van der Waals surface area contributed by atoms with Gasteiger partial charge in [0, 0.05) is 30.9 Å². The second kappa shape index (κ2) is 11.5. The largest absolute Gasteiger partial charge is 0.457 e. The molecule has 186 valence electrons. The monoisotopic (exact) mass is 486 g/mol. The van der Waals surface area contributed by atoms with Crippen LogP contribution in [0.5, 0.6) is 11.5 Å². The van der Waals surface area contributed by atoms with E-state index in [0.29, 0.717) is 23.5 Å². The van der Waals surface area contributed by atoms with Gasteiger partial charge in [0.1, 0.15) is 23.6 Å². The highest BCUT2D eigenvalue weighted by Crippen LogP contribution is 2.23. The fourth-order valence-electron chi connectivity index (χ4n) is 4.01. The van der Waals surface area contributed by atoms with Crippen LogP contribution < -0.4 is 20.7 Å². The van der Waals surface area contributed by atoms with Crippen molar-refractivity contribution in [2.24, 2.45) is 5.92 Å². The first-order chi connectivity index (χ1) is 17.4. The first-order valence-electron chi connectivity index (χ1n) is 12.0. The number of nitrogens with zero attached hydrogens (tertiary/aromatic N) is 1. The van der Waals surface area contributed by atoms with Gasteiger partial charge in [-0.05, 0) is 59.9 Å². The molecule has 3 heterocycles. The second-order valence-corrected chi connectivity index (χ2v) is 9.27. The Balaban J connectivity index is 1.62. The predicted molar refractivity (Wildman–Crippen MR) is 135 cm³/mol. The van der Waals surface area contributed by atoms with Gasteiger partial charge in [-0.1, -0.05) is 38.1 Å². The number of amides is 3. The van der Waals surface area contributed by atoms with Crippen LogP contribution in [0, 0.1) is 5.92 Å². The summed E-state index contributed by atoms with van der Waals surface area (Å²) in [7, 11) is 0. The van der Waals surface area contributed by atoms with Crippen molar-refractivity contribution in [1.82, 2.24) is 20.9 Å². The number of rotatable bonds is 5. The highest BCUT2D eigenvalue weighted by Gasteiger charge is 2.28. The summed E-state index contributed by atoms with van der Waals surface area (Å²) in [4.78, 5) is 43.6. The minimum Gasteiger partial charge on any atom is -0.457 e. The Labute approximate surface area is 210 Å². The van der Waals surface area contributed by atoms with Gasteiger partial charge < -0.3 is 20.7 Å². The molecule has 2 aromatic carbocycles. The van der Waals surface area contributed by atoms with Crippen LogP contribution in [0.4, 0.5) is 0 Å². The summed E-state index contributed by atoms with van der Waals surface area (Å²) in [5, 5.41) is 8.61. The van der Waals surface area contributed by atoms with Crippen molar-refractivity contribution in [1.29, 1.82) is 0 Å². The molecule has 0 saturated heterocycles. The van der Waals surface area contributed by atoms with E-state index >= 15 is 0 Å². The summed E-state index contributed by atoms with van der Waals surface area (Å²) >= 11 is 0. The van der Waals surface area contributed by atoms with Crippen LogP contribution in [0.2, 0.25) is 0 Å². The number of nitrogens with one attached hydrogen (secondary N) is 3. The summed E-state index contributed by atoms with van der Waals surface area (Å²) < 4.78 is 5.92. The van der Waals surface area contributed by atoms with Crippen LogP contribution in [0.3, 0.4) is 0 Å². The molecule has 5 rings (SSSR count). The Morgan fingerprint density at radius 1 is 1.06 bits per heavy atom. The highest BCUT2D eigenvalue weighted by molar-refractivity contribution is 5.98. The molecule has 2 aliphatic rings. The maximum Gasteiger partial charge on any atom is 0.252 e. The lowest BCUT2D eigenvalue weighted by Gasteiger charge is -2.24. The minimum absolute atomic E-state index is 0.142. The first kappa shape index (κ1) is 24.9. The average molecular weight is 487 g/mol. The molecule has 0 spiro atoms. The van der Waals surface area contributed by atoms with E-state index in [-0.39, 0.29) is 30.7 Å². The molecule has 3 amide bonds. The maximum absolute atomic E-state index is 13.4. The van der Waals surface area contributed by atoms with Crippen molar-refractivity contribution in [3.05, 3.63) is 89.7 Å². The Kier molecular flexibility index (Phi) is 7.95. The molecule has 0 radical (unpaired) electrons. The summed E-state index contributed by atoms with van der Waals surface area (Å²) in [5.41, 5.74) is 2.09. The molecule has 8 nitrogen and oxygen atoms in total. The van der Waals surface area contributed by atoms with Crippen molar-refractivity contribution in [2.75, 3.05) is 0 Å². The molecular formula is C28H30N4O4. The third-order valence-electron chi connectivity index (χ3n) is 5.85. The highest BCUT2D eigenvalue weighted by atomic mass is 16.5. The molecule has 8 heteroatoms. The van der Waals surface area contributed by atoms with Crippen LogP contribution in [0.15, 0.2) is 73.1 Å². The number of carbonyl (C=O) groups is 3. The fraction of sp³-hybridized carbons (Fsp3) is 0.286. The zero-order valence-corrected chi connectivity index (χ0v) is 20.4. The van der Waals surface area contributed by atoms with Crippen LogP contribution in [0.1, 0.15) is 41.8 Å². The molecule has 0 saturated carbocycles. The summed E-state index contributed by atoms with van der Waals surface area (Å²) in [6.07, 6.45) is 4.04. The quantitative estimate of drug-likeness (QED) is 0.512. The number of fused-ring (bicyclic) bond motifs is 8. The van der Waals surface area contributed by atoms with Gasteiger partial charge >= 0.3 is 0 Å². The molecule has 3 aromatic rings. The third-order valence-corrected chi connectivity index (χ3v) is 5.85. The van der Waals surface area contributed by atoms with Crippen LogP contribution >= 0.6 is 0 Å². The van der Waals surface area contributed by atoms with E-state index in [9.17, 15) is 14.4 Å². The summed E-state index contributed by atoms with van der Waals surface area (Å²) in [6, 6.07) is 16.2. The molecule has 1 aromatic heterocycles. The number of hydrogen-bond acceptors (Lipinski definition) is 5. The van der Waals surface area contributed by atoms with E-state index in [2.05, 4.69) is 20.9 Å². The van der Waals surface area contributed by atoms with E-state index in [0.717, 1.165) is 11.1 Å². The molecule has 2 atom stereocenters. The first-order valence-corrected chi connectivity index (χ1v) is 12.0. The molecular weight excluding hydrogens is 456 g/mol. The number of hydrogen-bond donors (Lipinski definition) is 3. The number of benzene rings is 2. The van der Waals surface area contributed by atoms with E-state index in [1.54, 1.807) is 54.9 Å². The van der Waals surface area contributed by atoms with Crippen molar-refractivity contribution < 1.29 is 19.1 Å². The van der Waals surface area contributed by atoms with Crippen molar-refractivity contribution in [2.45, 2.75) is 45.3 Å². The summed E-state index contributed by atoms with van der Waals surface area (Å²) in [6.45, 7) is 4.24. The Morgan fingerprint density at radius 2 is 1.86 bits per heavy atom. The fourth-order valence-corrected chi connectivity index (χ4v) is 4.01. The second-order valence-electron chi connectivity index (χ2n) is 9.27. The molecule has 0 aliphatic carbocycles. The lowest BCUT2D eigenvalue weighted by atomic mass is 10.0. The lowest BCUT2D eigenvalue weighted by Crippen LogP contribution is -2.54. The van der Waals surface area contributed by atoms with Crippen molar-refractivity contribution in [3.8, 4) is 11.5 Å². The van der Waals surface area contributed by atoms with E-state index in [1.807, 2.05) is 32.0 Å². The van der Waals surface area contributed by atoms with Gasteiger partial charge in [-0.25, -0.2) is 0 Å². The summed E-state index contributed by atoms with van der Waals surface area (Å²) in [5.74, 6) is 0.148. The minimum atomic E-state index is -0.835.